The van der Waals surface area contributed by atoms with Crippen molar-refractivity contribution in [1.29, 1.82) is 0 Å². The summed E-state index contributed by atoms with van der Waals surface area (Å²) in [4.78, 5) is 24.5. The molecule has 1 amide bonds. The van der Waals surface area contributed by atoms with Crippen molar-refractivity contribution >= 4 is 52.2 Å². The topological polar surface area (TPSA) is 95.9 Å². The fourth-order valence-corrected chi connectivity index (χ4v) is 2.92. The average molecular weight is 433 g/mol. The lowest BCUT2D eigenvalue weighted by Gasteiger charge is -2.15. The van der Waals surface area contributed by atoms with Crippen molar-refractivity contribution in [3.63, 3.8) is 0 Å². The summed E-state index contributed by atoms with van der Waals surface area (Å²) < 4.78 is 5.25. The number of alkyl halides is 1. The van der Waals surface area contributed by atoms with Gasteiger partial charge in [0.15, 0.2) is 5.78 Å². The van der Waals surface area contributed by atoms with E-state index in [4.69, 9.17) is 44.6 Å². The number of carbonyl (C=O) groups excluding carboxylic acids is 2. The van der Waals surface area contributed by atoms with Crippen LogP contribution in [0.2, 0.25) is 10.0 Å². The molecule has 0 saturated heterocycles. The Balaban J connectivity index is 2.45. The number of phenolic OH excluding ortho intramolecular Hbond substituents is 1. The lowest BCUT2D eigenvalue weighted by molar-refractivity contribution is -0.113. The van der Waals surface area contributed by atoms with Gasteiger partial charge in [-0.05, 0) is 36.8 Å². The molecule has 2 aromatic carbocycles. The van der Waals surface area contributed by atoms with Crippen LogP contribution < -0.4 is 10.1 Å². The maximum atomic E-state index is 12.9. The van der Waals surface area contributed by atoms with Crippen LogP contribution in [0.3, 0.4) is 0 Å². The summed E-state index contributed by atoms with van der Waals surface area (Å²) >= 11 is 17.8. The van der Waals surface area contributed by atoms with E-state index in [1.807, 2.05) is 0 Å². The minimum Gasteiger partial charge on any atom is -0.506 e. The second-order valence-corrected chi connectivity index (χ2v) is 6.48. The van der Waals surface area contributed by atoms with E-state index in [2.05, 4.69) is 5.32 Å². The molecule has 2 rings (SSSR count). The van der Waals surface area contributed by atoms with E-state index in [-0.39, 0.29) is 57.5 Å². The maximum Gasteiger partial charge on any atom is 0.239 e. The van der Waals surface area contributed by atoms with Gasteiger partial charge in [0.1, 0.15) is 29.0 Å². The summed E-state index contributed by atoms with van der Waals surface area (Å²) in [5, 5.41) is 21.3. The van der Waals surface area contributed by atoms with Crippen molar-refractivity contribution < 1.29 is 24.5 Å². The van der Waals surface area contributed by atoms with E-state index in [1.165, 1.54) is 24.3 Å². The molecule has 0 aliphatic rings. The third-order valence-corrected chi connectivity index (χ3v) is 4.82. The Morgan fingerprint density at radius 2 is 1.78 bits per heavy atom. The predicted octanol–water partition coefficient (Wildman–Crippen LogP) is 3.79. The van der Waals surface area contributed by atoms with E-state index >= 15 is 0 Å². The average Bonchev–Trinajstić information content (AvgIpc) is 2.65. The lowest BCUT2D eigenvalue weighted by atomic mass is 9.97. The Hall–Kier alpha value is -1.99. The highest BCUT2D eigenvalue weighted by Gasteiger charge is 2.22. The molecule has 144 valence electrons. The Morgan fingerprint density at radius 1 is 1.11 bits per heavy atom. The number of hydrogen-bond donors (Lipinski definition) is 3. The van der Waals surface area contributed by atoms with E-state index in [0.717, 1.165) is 0 Å². The van der Waals surface area contributed by atoms with Crippen molar-refractivity contribution in [2.45, 2.75) is 6.92 Å². The van der Waals surface area contributed by atoms with E-state index in [1.54, 1.807) is 6.92 Å². The predicted molar refractivity (Wildman–Crippen MR) is 105 cm³/mol. The van der Waals surface area contributed by atoms with Crippen LogP contribution >= 0.6 is 34.8 Å². The highest BCUT2D eigenvalue weighted by atomic mass is 35.5. The molecule has 2 aromatic rings. The Morgan fingerprint density at radius 3 is 2.41 bits per heavy atom. The standard InChI is InChI=1S/C18H16Cl3NO5/c1-9-10(2-4-12(24)17(9)22-14(25)8-19)18(26)11-3-5-13(27-7-6-23)16(21)15(11)20/h2-5,23-24H,6-8H2,1H3,(H,22,25). The van der Waals surface area contributed by atoms with Gasteiger partial charge in [-0.2, -0.15) is 0 Å². The molecule has 9 heteroatoms. The van der Waals surface area contributed by atoms with Gasteiger partial charge >= 0.3 is 0 Å². The normalized spacial score (nSPS) is 10.6. The molecule has 0 spiro atoms. The zero-order valence-corrected chi connectivity index (χ0v) is 16.5. The first-order chi connectivity index (χ1) is 12.8. The van der Waals surface area contributed by atoms with Gasteiger partial charge in [0.2, 0.25) is 5.91 Å². The number of hydrogen-bond acceptors (Lipinski definition) is 5. The highest BCUT2D eigenvalue weighted by molar-refractivity contribution is 6.45. The number of nitrogens with one attached hydrogen (secondary N) is 1. The molecule has 0 aliphatic carbocycles. The Bertz CT molecular complexity index is 886. The maximum absolute atomic E-state index is 12.9. The molecule has 27 heavy (non-hydrogen) atoms. The van der Waals surface area contributed by atoms with E-state index in [0.29, 0.717) is 5.56 Å². The summed E-state index contributed by atoms with van der Waals surface area (Å²) in [6, 6.07) is 5.64. The second-order valence-electron chi connectivity index (χ2n) is 5.45. The third-order valence-electron chi connectivity index (χ3n) is 3.71. The number of amides is 1. The molecular formula is C18H16Cl3NO5. The van der Waals surface area contributed by atoms with Gasteiger partial charge in [-0.3, -0.25) is 9.59 Å². The summed E-state index contributed by atoms with van der Waals surface area (Å²) in [6.07, 6.45) is 0. The number of ether oxygens (including phenoxy) is 1. The van der Waals surface area contributed by atoms with Crippen molar-refractivity contribution in [3.05, 3.63) is 51.0 Å². The molecule has 0 saturated carbocycles. The van der Waals surface area contributed by atoms with Gasteiger partial charge in [-0.25, -0.2) is 0 Å². The minimum absolute atomic E-state index is 0.00377. The van der Waals surface area contributed by atoms with E-state index < -0.39 is 11.7 Å². The van der Waals surface area contributed by atoms with Crippen molar-refractivity contribution in [2.24, 2.45) is 0 Å². The molecule has 0 fully saturated rings. The lowest BCUT2D eigenvalue weighted by Crippen LogP contribution is -2.15. The molecule has 0 atom stereocenters. The zero-order chi connectivity index (χ0) is 20.1. The van der Waals surface area contributed by atoms with E-state index in [9.17, 15) is 14.7 Å². The summed E-state index contributed by atoms with van der Waals surface area (Å²) in [5.74, 6) is -1.22. The zero-order valence-electron chi connectivity index (χ0n) is 14.2. The number of benzene rings is 2. The summed E-state index contributed by atoms with van der Waals surface area (Å²) in [5.41, 5.74) is 0.795. The van der Waals surface area contributed by atoms with Gasteiger partial charge in [0, 0.05) is 11.1 Å². The number of aromatic hydroxyl groups is 1. The van der Waals surface area contributed by atoms with Crippen LogP contribution in [0, 0.1) is 6.92 Å². The van der Waals surface area contributed by atoms with Crippen molar-refractivity contribution in [2.75, 3.05) is 24.4 Å². The quantitative estimate of drug-likeness (QED) is 0.351. The molecule has 0 heterocycles. The first-order valence-corrected chi connectivity index (χ1v) is 9.05. The van der Waals surface area contributed by atoms with Crippen LogP contribution in [-0.2, 0) is 4.79 Å². The van der Waals surface area contributed by atoms with Gasteiger partial charge in [-0.15, -0.1) is 11.6 Å². The smallest absolute Gasteiger partial charge is 0.239 e. The van der Waals surface area contributed by atoms with Gasteiger partial charge in [-0.1, -0.05) is 23.2 Å². The molecule has 0 bridgehead atoms. The molecule has 0 radical (unpaired) electrons. The number of aliphatic hydroxyl groups is 1. The van der Waals surface area contributed by atoms with Crippen molar-refractivity contribution in [1.82, 2.24) is 0 Å². The number of carbonyl (C=O) groups is 2. The van der Waals surface area contributed by atoms with Crippen LogP contribution in [0.5, 0.6) is 11.5 Å². The third kappa shape index (κ3) is 4.65. The Kier molecular flexibility index (Phi) is 7.33. The van der Waals surface area contributed by atoms with Gasteiger partial charge in [0.05, 0.1) is 17.3 Å². The number of anilines is 1. The first-order valence-electron chi connectivity index (χ1n) is 7.76. The van der Waals surface area contributed by atoms with Crippen LogP contribution in [0.15, 0.2) is 24.3 Å². The van der Waals surface area contributed by atoms with Crippen LogP contribution in [-0.4, -0.2) is 41.0 Å². The molecule has 6 nitrogen and oxygen atoms in total. The molecule has 0 aromatic heterocycles. The van der Waals surface area contributed by atoms with Gasteiger partial charge in [0.25, 0.3) is 0 Å². The van der Waals surface area contributed by atoms with Crippen LogP contribution in [0.25, 0.3) is 0 Å². The Labute approximate surface area is 170 Å². The summed E-state index contributed by atoms with van der Waals surface area (Å²) in [6.45, 7) is 1.41. The fourth-order valence-electron chi connectivity index (χ4n) is 2.39. The van der Waals surface area contributed by atoms with Gasteiger partial charge < -0.3 is 20.3 Å². The largest absolute Gasteiger partial charge is 0.506 e. The molecule has 0 unspecified atom stereocenters. The second kappa shape index (κ2) is 9.28. The number of ketones is 1. The SMILES string of the molecule is Cc1c(C(=O)c2ccc(OCCO)c(Cl)c2Cl)ccc(O)c1NC(=O)CCl. The molecular weight excluding hydrogens is 417 g/mol. The molecule has 3 N–H and O–H groups in total. The number of phenols is 1. The van der Waals surface area contributed by atoms with Crippen molar-refractivity contribution in [3.8, 4) is 11.5 Å². The fraction of sp³-hybridized carbons (Fsp3) is 0.222. The van der Waals surface area contributed by atoms with Crippen LogP contribution in [0.4, 0.5) is 5.69 Å². The number of halogens is 3. The minimum atomic E-state index is -0.522. The highest BCUT2D eigenvalue weighted by Crippen LogP contribution is 2.37. The van der Waals surface area contributed by atoms with Crippen LogP contribution in [0.1, 0.15) is 21.5 Å². The monoisotopic (exact) mass is 431 g/mol. The number of aliphatic hydroxyl groups excluding tert-OH is 1. The first kappa shape index (κ1) is 21.3. The number of rotatable bonds is 7. The summed E-state index contributed by atoms with van der Waals surface area (Å²) in [7, 11) is 0. The molecule has 0 aliphatic heterocycles.